The highest BCUT2D eigenvalue weighted by Crippen LogP contribution is 2.07. The van der Waals surface area contributed by atoms with E-state index in [4.69, 9.17) is 9.47 Å². The summed E-state index contributed by atoms with van der Waals surface area (Å²) in [6, 6.07) is 8.04. The molecule has 1 aromatic rings. The van der Waals surface area contributed by atoms with Gasteiger partial charge in [0.05, 0.1) is 0 Å². The predicted molar refractivity (Wildman–Crippen MR) is 142 cm³/mol. The zero-order chi connectivity index (χ0) is 28.1. The van der Waals surface area contributed by atoms with E-state index < -0.39 is 5.97 Å². The van der Waals surface area contributed by atoms with Crippen LogP contribution in [0.15, 0.2) is 72.9 Å². The van der Waals surface area contributed by atoms with Gasteiger partial charge < -0.3 is 14.2 Å². The highest BCUT2D eigenvalue weighted by atomic mass is 16.5. The summed E-state index contributed by atoms with van der Waals surface area (Å²) in [6.45, 7) is 21.1. The van der Waals surface area contributed by atoms with Gasteiger partial charge in [0.1, 0.15) is 19.8 Å². The van der Waals surface area contributed by atoms with Crippen LogP contribution in [0.25, 0.3) is 0 Å². The highest BCUT2D eigenvalue weighted by molar-refractivity contribution is 5.89. The molecule has 0 heterocycles. The quantitative estimate of drug-likeness (QED) is 0.168. The Morgan fingerprint density at radius 1 is 0.694 bits per heavy atom. The van der Waals surface area contributed by atoms with Crippen LogP contribution in [0, 0.1) is 0 Å². The molecule has 0 aliphatic heterocycles. The van der Waals surface area contributed by atoms with Gasteiger partial charge in [-0.2, -0.15) is 0 Å². The lowest BCUT2D eigenvalue weighted by Crippen LogP contribution is -2.11. The average molecular weight is 501 g/mol. The molecule has 0 aliphatic rings. The first-order chi connectivity index (χ1) is 16.8. The number of benzene rings is 1. The Labute approximate surface area is 215 Å². The molecular weight excluding hydrogens is 460 g/mol. The van der Waals surface area contributed by atoms with Crippen LogP contribution in [0.1, 0.15) is 59.1 Å². The van der Waals surface area contributed by atoms with Gasteiger partial charge in [-0.1, -0.05) is 70.0 Å². The average Bonchev–Trinajstić information content (AvgIpc) is 2.84. The van der Waals surface area contributed by atoms with Crippen LogP contribution < -0.4 is 0 Å². The maximum Gasteiger partial charge on any atom is 0.333 e. The van der Waals surface area contributed by atoms with Crippen molar-refractivity contribution in [3.63, 3.8) is 0 Å². The Morgan fingerprint density at radius 2 is 1.14 bits per heavy atom. The van der Waals surface area contributed by atoms with Gasteiger partial charge >= 0.3 is 17.9 Å². The number of carbonyl (C=O) groups is 4. The summed E-state index contributed by atoms with van der Waals surface area (Å²) >= 11 is 0. The molecular formula is C29H40O7. The first-order valence-corrected chi connectivity index (χ1v) is 11.6. The molecule has 7 nitrogen and oxygen atoms in total. The second kappa shape index (κ2) is 20.6. The Morgan fingerprint density at radius 3 is 1.56 bits per heavy atom. The van der Waals surface area contributed by atoms with Gasteiger partial charge in [-0.05, 0) is 51.7 Å². The van der Waals surface area contributed by atoms with Crippen LogP contribution in [-0.4, -0.2) is 36.9 Å². The number of esters is 3. The molecule has 198 valence electrons. The van der Waals surface area contributed by atoms with E-state index in [1.54, 1.807) is 13.8 Å². The molecule has 36 heavy (non-hydrogen) atoms. The van der Waals surface area contributed by atoms with Crippen LogP contribution in [0.3, 0.4) is 0 Å². The molecule has 0 bridgehead atoms. The standard InChI is InChI=1S/C13H16O2.C9H14O2.C7H10O3/c1-4-11-5-7-12(8-6-11)9-15-13(14)10(2)3;1-4-5-6-7-11-9(10)8(2)3;1-5(2)7(9)10-4-6(3)8/h5-8H,2,4,9H2,1,3H3;5-6H,2,4,7H2,1,3H3;1,4H2,2-3H3. The molecule has 0 saturated heterocycles. The van der Waals surface area contributed by atoms with Gasteiger partial charge in [-0.25, -0.2) is 14.4 Å². The van der Waals surface area contributed by atoms with Crippen molar-refractivity contribution in [3.8, 4) is 0 Å². The first-order valence-electron chi connectivity index (χ1n) is 11.6. The summed E-state index contributed by atoms with van der Waals surface area (Å²) < 4.78 is 14.3. The Balaban J connectivity index is 0. The monoisotopic (exact) mass is 500 g/mol. The van der Waals surface area contributed by atoms with E-state index in [1.165, 1.54) is 19.4 Å². The molecule has 0 atom stereocenters. The number of hydrogen-bond donors (Lipinski definition) is 0. The Bertz CT molecular complexity index is 921. The fourth-order valence-corrected chi connectivity index (χ4v) is 1.92. The molecule has 0 aromatic heterocycles. The van der Waals surface area contributed by atoms with E-state index in [2.05, 4.69) is 31.4 Å². The van der Waals surface area contributed by atoms with Gasteiger partial charge in [0.25, 0.3) is 0 Å². The maximum absolute atomic E-state index is 11.1. The molecule has 1 aromatic carbocycles. The minimum atomic E-state index is -0.518. The molecule has 0 N–H and O–H groups in total. The van der Waals surface area contributed by atoms with Gasteiger partial charge in [0.15, 0.2) is 5.78 Å². The summed E-state index contributed by atoms with van der Waals surface area (Å²) in [6.07, 6.45) is 5.75. The van der Waals surface area contributed by atoms with E-state index in [0.29, 0.717) is 29.9 Å². The molecule has 7 heteroatoms. The van der Waals surface area contributed by atoms with Crippen molar-refractivity contribution in [1.82, 2.24) is 0 Å². The fourth-order valence-electron chi connectivity index (χ4n) is 1.92. The number of hydrogen-bond acceptors (Lipinski definition) is 7. The minimum absolute atomic E-state index is 0.161. The maximum atomic E-state index is 11.1. The molecule has 0 radical (unpaired) electrons. The third-order valence-corrected chi connectivity index (χ3v) is 3.97. The highest BCUT2D eigenvalue weighted by Gasteiger charge is 2.04. The summed E-state index contributed by atoms with van der Waals surface area (Å²) in [5.74, 6) is -1.36. The molecule has 0 fully saturated rings. The molecule has 0 spiro atoms. The topological polar surface area (TPSA) is 96.0 Å². The van der Waals surface area contributed by atoms with Gasteiger partial charge in [0.2, 0.25) is 0 Å². The van der Waals surface area contributed by atoms with Gasteiger partial charge in [-0.15, -0.1) is 0 Å². The number of carbonyl (C=O) groups excluding carboxylic acids is 4. The lowest BCUT2D eigenvalue weighted by atomic mass is 10.1. The van der Waals surface area contributed by atoms with Crippen molar-refractivity contribution >= 4 is 23.7 Å². The number of allylic oxidation sites excluding steroid dienone is 1. The number of ketones is 1. The Kier molecular flexibility index (Phi) is 19.7. The van der Waals surface area contributed by atoms with Crippen molar-refractivity contribution in [2.75, 3.05) is 13.2 Å². The van der Waals surface area contributed by atoms with Crippen molar-refractivity contribution in [2.24, 2.45) is 0 Å². The van der Waals surface area contributed by atoms with E-state index in [9.17, 15) is 19.2 Å². The number of rotatable bonds is 11. The number of ether oxygens (including phenoxy) is 3. The number of aryl methyl sites for hydroxylation is 1. The third kappa shape index (κ3) is 19.7. The van der Waals surface area contributed by atoms with Crippen molar-refractivity contribution in [2.45, 2.75) is 61.0 Å². The second-order valence-electron chi connectivity index (χ2n) is 7.84. The van der Waals surface area contributed by atoms with Crippen LogP contribution in [0.5, 0.6) is 0 Å². The van der Waals surface area contributed by atoms with Crippen molar-refractivity contribution in [3.05, 3.63) is 84.0 Å². The van der Waals surface area contributed by atoms with E-state index in [-0.39, 0.29) is 24.3 Å². The van der Waals surface area contributed by atoms with Crippen LogP contribution >= 0.6 is 0 Å². The summed E-state index contributed by atoms with van der Waals surface area (Å²) in [5.41, 5.74) is 3.46. The van der Waals surface area contributed by atoms with Gasteiger partial charge in [0, 0.05) is 16.7 Å². The second-order valence-corrected chi connectivity index (χ2v) is 7.84. The van der Waals surface area contributed by atoms with Crippen LogP contribution in [-0.2, 0) is 46.4 Å². The Hall–Kier alpha value is -3.74. The zero-order valence-corrected chi connectivity index (χ0v) is 22.5. The zero-order valence-electron chi connectivity index (χ0n) is 22.5. The SMILES string of the molecule is C=C(C)C(=O)OCC(C)=O.C=C(C)C(=O)OCC=CCC.C=C(C)C(=O)OCc1ccc(CC)cc1. The normalized spacial score (nSPS) is 9.50. The largest absolute Gasteiger partial charge is 0.458 e. The van der Waals surface area contributed by atoms with Crippen LogP contribution in [0.4, 0.5) is 0 Å². The van der Waals surface area contributed by atoms with Crippen molar-refractivity contribution in [1.29, 1.82) is 0 Å². The lowest BCUT2D eigenvalue weighted by Gasteiger charge is -2.04. The lowest BCUT2D eigenvalue weighted by molar-refractivity contribution is -0.143. The van der Waals surface area contributed by atoms with Gasteiger partial charge in [-0.3, -0.25) is 4.79 Å². The summed E-state index contributed by atoms with van der Waals surface area (Å²) in [4.78, 5) is 42.7. The molecule has 0 saturated carbocycles. The molecule has 0 unspecified atom stereocenters. The molecule has 1 rings (SSSR count). The third-order valence-electron chi connectivity index (χ3n) is 3.97. The minimum Gasteiger partial charge on any atom is -0.458 e. The summed E-state index contributed by atoms with van der Waals surface area (Å²) in [5, 5.41) is 0. The van der Waals surface area contributed by atoms with E-state index in [0.717, 1.165) is 18.4 Å². The fraction of sp³-hybridized carbons (Fsp3) is 0.379. The number of Topliss-reactive ketones (excluding diaryl/α,β-unsaturated/α-hetero) is 1. The summed E-state index contributed by atoms with van der Waals surface area (Å²) in [7, 11) is 0. The van der Waals surface area contributed by atoms with E-state index >= 15 is 0 Å². The predicted octanol–water partition coefficient (Wildman–Crippen LogP) is 5.63. The van der Waals surface area contributed by atoms with E-state index in [1.807, 2.05) is 43.3 Å². The molecule has 0 amide bonds. The first kappa shape index (κ1) is 34.4. The molecule has 0 aliphatic carbocycles. The smallest absolute Gasteiger partial charge is 0.333 e. The van der Waals surface area contributed by atoms with Crippen molar-refractivity contribution < 1.29 is 33.4 Å². The van der Waals surface area contributed by atoms with Crippen LogP contribution in [0.2, 0.25) is 0 Å².